The normalized spacial score (nSPS) is 12.1. The summed E-state index contributed by atoms with van der Waals surface area (Å²) in [5.41, 5.74) is 3.59. The minimum absolute atomic E-state index is 0.120. The first kappa shape index (κ1) is 24.3. The molecule has 3 rings (SSSR count). The molecule has 0 aliphatic rings. The van der Waals surface area contributed by atoms with Crippen molar-refractivity contribution in [2.24, 2.45) is 0 Å². The summed E-state index contributed by atoms with van der Waals surface area (Å²) in [5.74, 6) is 0.238. The van der Waals surface area contributed by atoms with Crippen molar-refractivity contribution < 1.29 is 17.9 Å². The summed E-state index contributed by atoms with van der Waals surface area (Å²) in [6, 6.07) is 20.6. The summed E-state index contributed by atoms with van der Waals surface area (Å²) in [7, 11) is -3.96. The van der Waals surface area contributed by atoms with E-state index in [-0.39, 0.29) is 17.5 Å². The van der Waals surface area contributed by atoms with Gasteiger partial charge >= 0.3 is 0 Å². The van der Waals surface area contributed by atoms with Crippen LogP contribution in [0.3, 0.4) is 0 Å². The first-order valence-electron chi connectivity index (χ1n) is 10.9. The molecule has 1 N–H and O–H groups in total. The highest BCUT2D eigenvalue weighted by Crippen LogP contribution is 2.26. The summed E-state index contributed by atoms with van der Waals surface area (Å²) in [4.78, 5) is 13.1. The van der Waals surface area contributed by atoms with E-state index in [4.69, 9.17) is 4.74 Å². The maximum absolute atomic E-state index is 13.4. The first-order valence-corrected chi connectivity index (χ1v) is 12.3. The molecule has 6 nitrogen and oxygen atoms in total. The highest BCUT2D eigenvalue weighted by atomic mass is 32.2. The van der Waals surface area contributed by atoms with E-state index >= 15 is 0 Å². The van der Waals surface area contributed by atoms with Crippen LogP contribution in [0.1, 0.15) is 36.6 Å². The van der Waals surface area contributed by atoms with Gasteiger partial charge in [-0.3, -0.25) is 9.10 Å². The lowest BCUT2D eigenvalue weighted by atomic mass is 10.0. The van der Waals surface area contributed by atoms with Crippen LogP contribution >= 0.6 is 0 Å². The van der Waals surface area contributed by atoms with Crippen molar-refractivity contribution in [2.45, 2.75) is 38.6 Å². The van der Waals surface area contributed by atoms with Crippen LogP contribution in [0.25, 0.3) is 0 Å². The maximum Gasteiger partial charge on any atom is 0.264 e. The van der Waals surface area contributed by atoms with Crippen LogP contribution < -0.4 is 14.4 Å². The van der Waals surface area contributed by atoms with E-state index in [1.54, 1.807) is 42.5 Å². The summed E-state index contributed by atoms with van der Waals surface area (Å²) in [6.45, 7) is 7.94. The van der Waals surface area contributed by atoms with E-state index < -0.39 is 15.9 Å². The van der Waals surface area contributed by atoms with Gasteiger partial charge in [-0.15, -0.1) is 0 Å². The van der Waals surface area contributed by atoms with Gasteiger partial charge in [0, 0.05) is 0 Å². The van der Waals surface area contributed by atoms with Crippen molar-refractivity contribution in [3.63, 3.8) is 0 Å². The van der Waals surface area contributed by atoms with Gasteiger partial charge in [-0.2, -0.15) is 0 Å². The summed E-state index contributed by atoms with van der Waals surface area (Å²) in [5, 5.41) is 2.94. The summed E-state index contributed by atoms with van der Waals surface area (Å²) < 4.78 is 33.5. The number of anilines is 1. The second-order valence-electron chi connectivity index (χ2n) is 7.90. The monoisotopic (exact) mass is 466 g/mol. The first-order chi connectivity index (χ1) is 15.7. The molecule has 3 aromatic carbocycles. The third-order valence-electron chi connectivity index (χ3n) is 5.32. The Bertz CT molecular complexity index is 1190. The highest BCUT2D eigenvalue weighted by molar-refractivity contribution is 7.92. The van der Waals surface area contributed by atoms with Gasteiger partial charge in [-0.1, -0.05) is 42.0 Å². The molecule has 0 aliphatic carbocycles. The lowest BCUT2D eigenvalue weighted by Crippen LogP contribution is -2.41. The molecular weight excluding hydrogens is 436 g/mol. The molecule has 1 atom stereocenters. The fourth-order valence-corrected chi connectivity index (χ4v) is 5.16. The Hall–Kier alpha value is -3.32. The van der Waals surface area contributed by atoms with Crippen molar-refractivity contribution >= 4 is 21.6 Å². The van der Waals surface area contributed by atoms with E-state index in [9.17, 15) is 13.2 Å². The van der Waals surface area contributed by atoms with Gasteiger partial charge in [-0.25, -0.2) is 8.42 Å². The predicted octanol–water partition coefficient (Wildman–Crippen LogP) is 4.77. The minimum atomic E-state index is -3.96. The van der Waals surface area contributed by atoms with Crippen molar-refractivity contribution in [3.8, 4) is 5.75 Å². The second-order valence-corrected chi connectivity index (χ2v) is 9.76. The van der Waals surface area contributed by atoms with Crippen LogP contribution in [0.2, 0.25) is 0 Å². The zero-order valence-electron chi connectivity index (χ0n) is 19.4. The number of hydrogen-bond acceptors (Lipinski definition) is 4. The maximum atomic E-state index is 13.4. The van der Waals surface area contributed by atoms with E-state index in [2.05, 4.69) is 11.4 Å². The number of hydrogen-bond donors (Lipinski definition) is 1. The Kier molecular flexibility index (Phi) is 7.76. The van der Waals surface area contributed by atoms with Gasteiger partial charge in [0.1, 0.15) is 12.3 Å². The Labute approximate surface area is 196 Å². The van der Waals surface area contributed by atoms with E-state index in [0.717, 1.165) is 21.0 Å². The van der Waals surface area contributed by atoms with Crippen LogP contribution in [-0.2, 0) is 14.8 Å². The molecule has 0 saturated heterocycles. The van der Waals surface area contributed by atoms with Gasteiger partial charge < -0.3 is 10.1 Å². The number of amides is 1. The second kappa shape index (κ2) is 10.5. The molecule has 0 fully saturated rings. The van der Waals surface area contributed by atoms with Crippen LogP contribution in [-0.4, -0.2) is 27.5 Å². The van der Waals surface area contributed by atoms with Crippen molar-refractivity contribution in [1.29, 1.82) is 0 Å². The van der Waals surface area contributed by atoms with E-state index in [1.807, 2.05) is 39.8 Å². The molecule has 0 unspecified atom stereocenters. The number of ether oxygens (including phenoxy) is 1. The number of carbonyl (C=O) groups excluding carboxylic acids is 1. The fourth-order valence-electron chi connectivity index (χ4n) is 3.72. The molecule has 0 spiro atoms. The molecule has 174 valence electrons. The standard InChI is InChI=1S/C26H30N2O4S/c1-5-32-23-14-12-22(13-15-23)28(33(30,31)24-9-7-6-8-10-24)18-26(29)27-21(4)25-16-11-19(2)17-20(25)3/h6-17,21H,5,18H2,1-4H3,(H,27,29)/t21-/m0/s1. The molecule has 3 aromatic rings. The number of sulfonamides is 1. The zero-order valence-corrected chi connectivity index (χ0v) is 20.2. The van der Waals surface area contributed by atoms with Crippen molar-refractivity contribution in [1.82, 2.24) is 5.32 Å². The lowest BCUT2D eigenvalue weighted by molar-refractivity contribution is -0.120. The molecule has 1 amide bonds. The third-order valence-corrected chi connectivity index (χ3v) is 7.11. The number of nitrogens with zero attached hydrogens (tertiary/aromatic N) is 1. The van der Waals surface area contributed by atoms with E-state index in [1.165, 1.54) is 12.1 Å². The van der Waals surface area contributed by atoms with Crippen LogP contribution in [0.5, 0.6) is 5.75 Å². The number of aryl methyl sites for hydroxylation is 2. The number of carbonyl (C=O) groups is 1. The molecule has 0 radical (unpaired) electrons. The fraction of sp³-hybridized carbons (Fsp3) is 0.269. The SMILES string of the molecule is CCOc1ccc(N(CC(=O)N[C@@H](C)c2ccc(C)cc2C)S(=O)(=O)c2ccccc2)cc1. The largest absolute Gasteiger partial charge is 0.494 e. The Morgan fingerprint density at radius 2 is 1.67 bits per heavy atom. The average molecular weight is 467 g/mol. The van der Waals surface area contributed by atoms with Crippen LogP contribution in [0.15, 0.2) is 77.7 Å². The number of rotatable bonds is 9. The number of benzene rings is 3. The van der Waals surface area contributed by atoms with Crippen LogP contribution in [0, 0.1) is 13.8 Å². The molecule has 0 heterocycles. The molecule has 0 aromatic heterocycles. The Morgan fingerprint density at radius 3 is 2.27 bits per heavy atom. The molecule has 7 heteroatoms. The van der Waals surface area contributed by atoms with Crippen molar-refractivity contribution in [2.75, 3.05) is 17.5 Å². The molecule has 33 heavy (non-hydrogen) atoms. The van der Waals surface area contributed by atoms with Gasteiger partial charge in [0.15, 0.2) is 0 Å². The number of nitrogens with one attached hydrogen (secondary N) is 1. The molecule has 0 bridgehead atoms. The Balaban J connectivity index is 1.88. The van der Waals surface area contributed by atoms with Gasteiger partial charge in [-0.05, 0) is 75.2 Å². The highest BCUT2D eigenvalue weighted by Gasteiger charge is 2.27. The quantitative estimate of drug-likeness (QED) is 0.493. The zero-order chi connectivity index (χ0) is 24.0. The molecule has 0 aliphatic heterocycles. The Morgan fingerprint density at radius 1 is 1.00 bits per heavy atom. The summed E-state index contributed by atoms with van der Waals surface area (Å²) >= 11 is 0. The predicted molar refractivity (Wildman–Crippen MR) is 131 cm³/mol. The lowest BCUT2D eigenvalue weighted by Gasteiger charge is -2.25. The van der Waals surface area contributed by atoms with Gasteiger partial charge in [0.05, 0.1) is 23.2 Å². The topological polar surface area (TPSA) is 75.7 Å². The van der Waals surface area contributed by atoms with Crippen LogP contribution in [0.4, 0.5) is 5.69 Å². The van der Waals surface area contributed by atoms with Gasteiger partial charge in [0.25, 0.3) is 10.0 Å². The van der Waals surface area contributed by atoms with Gasteiger partial charge in [0.2, 0.25) is 5.91 Å². The smallest absolute Gasteiger partial charge is 0.264 e. The third kappa shape index (κ3) is 5.93. The summed E-state index contributed by atoms with van der Waals surface area (Å²) in [6.07, 6.45) is 0. The van der Waals surface area contributed by atoms with Crippen molar-refractivity contribution in [3.05, 3.63) is 89.5 Å². The average Bonchev–Trinajstić information content (AvgIpc) is 2.78. The molecule has 0 saturated carbocycles. The van der Waals surface area contributed by atoms with E-state index in [0.29, 0.717) is 18.0 Å². The minimum Gasteiger partial charge on any atom is -0.494 e. The molecular formula is C26H30N2O4S.